The fourth-order valence-corrected chi connectivity index (χ4v) is 13.6. The molecule has 0 aromatic carbocycles. The third-order valence-corrected chi connectivity index (χ3v) is 16.5. The van der Waals surface area contributed by atoms with Gasteiger partial charge in [-0.25, -0.2) is 0 Å². The Bertz CT molecular complexity index is 1550. The molecule has 11 nitrogen and oxygen atoms in total. The van der Waals surface area contributed by atoms with E-state index in [2.05, 4.69) is 54.5 Å². The van der Waals surface area contributed by atoms with Gasteiger partial charge in [-0.15, -0.1) is 0 Å². The topological polar surface area (TPSA) is 152 Å². The van der Waals surface area contributed by atoms with Crippen molar-refractivity contribution < 1.29 is 52.8 Å². The molecule has 6 rings (SSSR count). The lowest BCUT2D eigenvalue weighted by Gasteiger charge is -2.71. The summed E-state index contributed by atoms with van der Waals surface area (Å²) in [5.41, 5.74) is 0.912. The Hall–Kier alpha value is -2.79. The molecular weight excluding hydrogens is 692 g/mol. The summed E-state index contributed by atoms with van der Waals surface area (Å²) >= 11 is 0. The highest BCUT2D eigenvalue weighted by molar-refractivity contribution is 5.85. The van der Waals surface area contributed by atoms with Crippen LogP contribution in [0, 0.1) is 56.7 Å². The Morgan fingerprint density at radius 2 is 1.50 bits per heavy atom. The fourth-order valence-electron chi connectivity index (χ4n) is 13.6. The van der Waals surface area contributed by atoms with E-state index in [-0.39, 0.29) is 39.5 Å². The Morgan fingerprint density at radius 1 is 0.870 bits per heavy atom. The number of esters is 3. The van der Waals surface area contributed by atoms with Gasteiger partial charge in [-0.05, 0) is 109 Å². The molecule has 6 aliphatic rings. The molecule has 4 saturated carbocycles. The van der Waals surface area contributed by atoms with E-state index >= 15 is 0 Å². The molecule has 15 atom stereocenters. The monoisotopic (exact) mass is 756 g/mol. The lowest BCUT2D eigenvalue weighted by molar-refractivity contribution is -0.307. The molecule has 11 heteroatoms. The van der Waals surface area contributed by atoms with E-state index in [0.29, 0.717) is 42.3 Å². The fraction of sp³-hybridized carbons (Fsp3) is 0.837. The van der Waals surface area contributed by atoms with Gasteiger partial charge in [-0.3, -0.25) is 24.0 Å². The normalized spacial score (nSPS) is 45.8. The number of Topliss-reactive ketones (excluding diaryl/α,β-unsaturated/α-hetero) is 1. The van der Waals surface area contributed by atoms with Crippen LogP contribution in [0.15, 0.2) is 11.6 Å². The first-order valence-corrected chi connectivity index (χ1v) is 20.3. The average Bonchev–Trinajstić information content (AvgIpc) is 3.07. The van der Waals surface area contributed by atoms with Gasteiger partial charge in [0.15, 0.2) is 12.2 Å². The number of rotatable bonds is 8. The molecule has 0 bridgehead atoms. The second-order valence-electron chi connectivity index (χ2n) is 19.3. The molecule has 1 N–H and O–H groups in total. The van der Waals surface area contributed by atoms with Gasteiger partial charge in [0, 0.05) is 32.6 Å². The van der Waals surface area contributed by atoms with Gasteiger partial charge < -0.3 is 28.8 Å². The molecule has 0 radical (unpaired) electrons. The van der Waals surface area contributed by atoms with Crippen LogP contribution in [-0.2, 0) is 47.7 Å². The predicted molar refractivity (Wildman–Crippen MR) is 197 cm³/mol. The molecule has 5 unspecified atom stereocenters. The van der Waals surface area contributed by atoms with E-state index in [1.807, 2.05) is 0 Å². The van der Waals surface area contributed by atoms with Crippen LogP contribution in [-0.4, -0.2) is 72.1 Å². The quantitative estimate of drug-likeness (QED) is 0.123. The van der Waals surface area contributed by atoms with Crippen molar-refractivity contribution in [2.24, 2.45) is 56.7 Å². The molecule has 5 fully saturated rings. The first-order chi connectivity index (χ1) is 25.2. The molecule has 0 aromatic rings. The molecule has 5 aliphatic carbocycles. The Kier molecular flexibility index (Phi) is 10.8. The molecule has 54 heavy (non-hydrogen) atoms. The molecule has 0 amide bonds. The van der Waals surface area contributed by atoms with Gasteiger partial charge in [0.25, 0.3) is 6.47 Å². The van der Waals surface area contributed by atoms with Gasteiger partial charge in [-0.2, -0.15) is 0 Å². The predicted octanol–water partition coefficient (Wildman–Crippen LogP) is 6.66. The van der Waals surface area contributed by atoms with E-state index in [4.69, 9.17) is 23.7 Å². The number of fused-ring (bicyclic) bond motifs is 7. The summed E-state index contributed by atoms with van der Waals surface area (Å²) in [4.78, 5) is 61.9. The standard InChI is InChI=1S/C43H64O11/c1-23-13-18-43(21-29(48)34-35(51-25(3)45)36(52-26(4)46)37(53-27(5)47)38(54-34)50-22-44)20-19-41(9)28(33(43)24(23)2)11-12-31-40(8)16-15-32(49)39(6,7)30(40)14-17-42(31,41)10/h11,22-24,29-31,33-38,48H,12-21H2,1-10H3/t23-,24+,29-,30?,31?,33?,34+,35?,36-,37+,38?,40+,41-,42-,43-/m1/s1. The number of ketones is 1. The van der Waals surface area contributed by atoms with Crippen LogP contribution in [0.4, 0.5) is 0 Å². The van der Waals surface area contributed by atoms with E-state index in [0.717, 1.165) is 58.3 Å². The van der Waals surface area contributed by atoms with Gasteiger partial charge in [0.05, 0.1) is 6.10 Å². The number of ether oxygens (including phenoxy) is 5. The number of aliphatic hydroxyl groups is 1. The van der Waals surface area contributed by atoms with Crippen molar-refractivity contribution in [2.45, 2.75) is 170 Å². The van der Waals surface area contributed by atoms with Crippen LogP contribution < -0.4 is 0 Å². The molecule has 0 aromatic heterocycles. The summed E-state index contributed by atoms with van der Waals surface area (Å²) < 4.78 is 28.2. The number of hydrogen-bond donors (Lipinski definition) is 1. The zero-order valence-corrected chi connectivity index (χ0v) is 34.1. The maximum Gasteiger partial charge on any atom is 0.303 e. The second-order valence-corrected chi connectivity index (χ2v) is 19.3. The Balaban J connectivity index is 1.37. The summed E-state index contributed by atoms with van der Waals surface area (Å²) in [6.45, 7) is 20.2. The van der Waals surface area contributed by atoms with Crippen LogP contribution in [0.5, 0.6) is 0 Å². The van der Waals surface area contributed by atoms with Crippen molar-refractivity contribution in [3.63, 3.8) is 0 Å². The molecular formula is C43H64O11. The van der Waals surface area contributed by atoms with Crippen LogP contribution in [0.25, 0.3) is 0 Å². The van der Waals surface area contributed by atoms with Gasteiger partial charge in [0.2, 0.25) is 12.4 Å². The van der Waals surface area contributed by atoms with Gasteiger partial charge >= 0.3 is 17.9 Å². The highest BCUT2D eigenvalue weighted by atomic mass is 16.7. The SMILES string of the molecule is CC(=O)OC1[C@H]([C@H](O)C[C@]23CC[C@@H](C)[C@H](C)C2C2=CCC4[C@@]5(C)CCC(=O)C(C)(C)C5CC[C@@]4(C)[C@]2(C)CC3)OC(OC=O)[C@@H](OC(C)=O)[C@@H]1OC(C)=O. The lowest BCUT2D eigenvalue weighted by Crippen LogP contribution is -2.66. The first kappa shape index (κ1) is 40.9. The maximum atomic E-state index is 13.2. The van der Waals surface area contributed by atoms with E-state index in [1.165, 1.54) is 19.4 Å². The molecule has 0 spiro atoms. The van der Waals surface area contributed by atoms with Crippen LogP contribution >= 0.6 is 0 Å². The summed E-state index contributed by atoms with van der Waals surface area (Å²) in [6, 6.07) is 0. The van der Waals surface area contributed by atoms with Crippen molar-refractivity contribution in [3.8, 4) is 0 Å². The smallest absolute Gasteiger partial charge is 0.303 e. The van der Waals surface area contributed by atoms with Gasteiger partial charge in [0.1, 0.15) is 11.9 Å². The van der Waals surface area contributed by atoms with Crippen molar-refractivity contribution in [1.29, 1.82) is 0 Å². The number of allylic oxidation sites excluding steroid dienone is 2. The summed E-state index contributed by atoms with van der Waals surface area (Å²) in [5.74, 6) is 0.00303. The molecule has 302 valence electrons. The highest BCUT2D eigenvalue weighted by Crippen LogP contribution is 2.76. The largest absolute Gasteiger partial charge is 0.456 e. The minimum absolute atomic E-state index is 0.0409. The number of carbonyl (C=O) groups is 5. The third kappa shape index (κ3) is 6.35. The van der Waals surface area contributed by atoms with Crippen molar-refractivity contribution >= 4 is 30.2 Å². The molecule has 1 saturated heterocycles. The summed E-state index contributed by atoms with van der Waals surface area (Å²) in [6.07, 6.45) is 3.11. The number of aliphatic hydroxyl groups excluding tert-OH is 1. The highest BCUT2D eigenvalue weighted by Gasteiger charge is 2.69. The average molecular weight is 757 g/mol. The van der Waals surface area contributed by atoms with Crippen molar-refractivity contribution in [1.82, 2.24) is 0 Å². The van der Waals surface area contributed by atoms with Crippen molar-refractivity contribution in [2.75, 3.05) is 0 Å². The maximum absolute atomic E-state index is 13.2. The Morgan fingerprint density at radius 3 is 2.13 bits per heavy atom. The third-order valence-electron chi connectivity index (χ3n) is 16.5. The number of carbonyl (C=O) groups excluding carboxylic acids is 5. The van der Waals surface area contributed by atoms with E-state index in [1.54, 1.807) is 0 Å². The second kappa shape index (κ2) is 14.3. The van der Waals surface area contributed by atoms with Crippen molar-refractivity contribution in [3.05, 3.63) is 11.6 Å². The van der Waals surface area contributed by atoms with Crippen LogP contribution in [0.3, 0.4) is 0 Å². The Labute approximate surface area is 321 Å². The zero-order valence-electron chi connectivity index (χ0n) is 34.1. The summed E-state index contributed by atoms with van der Waals surface area (Å²) in [7, 11) is 0. The van der Waals surface area contributed by atoms with Gasteiger partial charge in [-0.1, -0.05) is 60.1 Å². The number of hydrogen-bond acceptors (Lipinski definition) is 11. The summed E-state index contributed by atoms with van der Waals surface area (Å²) in [5, 5.41) is 12.4. The lowest BCUT2D eigenvalue weighted by atomic mass is 9.33. The molecule has 1 heterocycles. The van der Waals surface area contributed by atoms with Crippen LogP contribution in [0.1, 0.15) is 133 Å². The minimum Gasteiger partial charge on any atom is -0.456 e. The zero-order chi connectivity index (χ0) is 39.8. The molecule has 1 aliphatic heterocycles. The first-order valence-electron chi connectivity index (χ1n) is 20.3. The minimum atomic E-state index is -1.52. The van der Waals surface area contributed by atoms with Crippen LogP contribution in [0.2, 0.25) is 0 Å². The van der Waals surface area contributed by atoms with E-state index in [9.17, 15) is 29.1 Å². The van der Waals surface area contributed by atoms with E-state index < -0.39 is 54.7 Å².